The second-order valence-corrected chi connectivity index (χ2v) is 3.26. The van der Waals surface area contributed by atoms with Crippen LogP contribution in [0.5, 0.6) is 0 Å². The van der Waals surface area contributed by atoms with Gasteiger partial charge in [0.2, 0.25) is 0 Å². The molecule has 0 N–H and O–H groups in total. The van der Waals surface area contributed by atoms with E-state index in [4.69, 9.17) is 4.74 Å². The average Bonchev–Trinajstić information content (AvgIpc) is 1.87. The van der Waals surface area contributed by atoms with E-state index in [1.807, 2.05) is 6.92 Å². The summed E-state index contributed by atoms with van der Waals surface area (Å²) in [6.07, 6.45) is 0.407. The predicted octanol–water partition coefficient (Wildman–Crippen LogP) is 2.70. The van der Waals surface area contributed by atoms with Crippen LogP contribution in [0.25, 0.3) is 0 Å². The molecule has 0 rings (SSSR count). The molecule has 0 saturated heterocycles. The lowest BCUT2D eigenvalue weighted by molar-refractivity contribution is 0.0240. The van der Waals surface area contributed by atoms with Crippen LogP contribution in [0.2, 0.25) is 0 Å². The van der Waals surface area contributed by atoms with Gasteiger partial charge in [-0.15, -0.1) is 0 Å². The van der Waals surface area contributed by atoms with Crippen LogP contribution in [0.15, 0.2) is 0 Å². The maximum atomic E-state index is 5.46. The van der Waals surface area contributed by atoms with Gasteiger partial charge in [0, 0.05) is 6.61 Å². The quantitative estimate of drug-likeness (QED) is 0.589. The second-order valence-electron chi connectivity index (χ2n) is 3.26. The van der Waals surface area contributed by atoms with E-state index in [2.05, 4.69) is 27.7 Å². The maximum Gasteiger partial charge on any atom is 0.0574 e. The molecule has 0 radical (unpaired) electrons. The molecule has 0 aliphatic heterocycles. The minimum atomic E-state index is 0.407. The van der Waals surface area contributed by atoms with Crippen molar-refractivity contribution in [3.05, 3.63) is 0 Å². The Kier molecular flexibility index (Phi) is 4.71. The van der Waals surface area contributed by atoms with Gasteiger partial charge in [-0.05, 0) is 25.7 Å². The fourth-order valence-corrected chi connectivity index (χ4v) is 0.957. The Morgan fingerprint density at radius 2 is 1.60 bits per heavy atom. The summed E-state index contributed by atoms with van der Waals surface area (Å²) in [7, 11) is 0. The largest absolute Gasteiger partial charge is 0.379 e. The van der Waals surface area contributed by atoms with Crippen LogP contribution < -0.4 is 0 Å². The van der Waals surface area contributed by atoms with Gasteiger partial charge in [0.15, 0.2) is 0 Å². The standard InChI is InChI=1S/C9H20O/c1-6-10-9(5)8(4)7(2)3/h7-9H,6H2,1-5H3. The lowest BCUT2D eigenvalue weighted by Gasteiger charge is -2.22. The van der Waals surface area contributed by atoms with Gasteiger partial charge in [0.25, 0.3) is 0 Å². The zero-order chi connectivity index (χ0) is 8.15. The Labute approximate surface area is 64.8 Å². The van der Waals surface area contributed by atoms with Crippen molar-refractivity contribution < 1.29 is 4.74 Å². The fraction of sp³-hybridized carbons (Fsp3) is 1.00. The summed E-state index contributed by atoms with van der Waals surface area (Å²) < 4.78 is 5.46. The molecule has 10 heavy (non-hydrogen) atoms. The molecule has 0 aromatic rings. The van der Waals surface area contributed by atoms with Crippen molar-refractivity contribution in [2.24, 2.45) is 11.8 Å². The van der Waals surface area contributed by atoms with Gasteiger partial charge in [0.05, 0.1) is 6.10 Å². The lowest BCUT2D eigenvalue weighted by Crippen LogP contribution is -2.22. The Morgan fingerprint density at radius 1 is 1.10 bits per heavy atom. The summed E-state index contributed by atoms with van der Waals surface area (Å²) in [6, 6.07) is 0. The van der Waals surface area contributed by atoms with Crippen molar-refractivity contribution in [2.75, 3.05) is 6.61 Å². The molecule has 2 atom stereocenters. The van der Waals surface area contributed by atoms with Gasteiger partial charge in [-0.25, -0.2) is 0 Å². The van der Waals surface area contributed by atoms with Crippen molar-refractivity contribution in [1.82, 2.24) is 0 Å². The first kappa shape index (κ1) is 9.96. The average molecular weight is 144 g/mol. The highest BCUT2D eigenvalue weighted by molar-refractivity contribution is 4.63. The van der Waals surface area contributed by atoms with Crippen LogP contribution >= 0.6 is 0 Å². The summed E-state index contributed by atoms with van der Waals surface area (Å²) in [5, 5.41) is 0. The van der Waals surface area contributed by atoms with Crippen molar-refractivity contribution in [3.63, 3.8) is 0 Å². The van der Waals surface area contributed by atoms with Gasteiger partial charge >= 0.3 is 0 Å². The van der Waals surface area contributed by atoms with Crippen LogP contribution in [-0.4, -0.2) is 12.7 Å². The summed E-state index contributed by atoms with van der Waals surface area (Å²) in [4.78, 5) is 0. The van der Waals surface area contributed by atoms with E-state index in [1.54, 1.807) is 0 Å². The topological polar surface area (TPSA) is 9.23 Å². The number of hydrogen-bond donors (Lipinski definition) is 0. The monoisotopic (exact) mass is 144 g/mol. The Morgan fingerprint density at radius 3 is 1.90 bits per heavy atom. The normalized spacial score (nSPS) is 17.4. The molecule has 0 bridgehead atoms. The fourth-order valence-electron chi connectivity index (χ4n) is 0.957. The Bertz CT molecular complexity index is 78.8. The Balaban J connectivity index is 3.58. The van der Waals surface area contributed by atoms with Crippen LogP contribution in [0.1, 0.15) is 34.6 Å². The van der Waals surface area contributed by atoms with Gasteiger partial charge in [-0.3, -0.25) is 0 Å². The summed E-state index contributed by atoms with van der Waals surface area (Å²) in [6.45, 7) is 11.7. The van der Waals surface area contributed by atoms with Crippen molar-refractivity contribution >= 4 is 0 Å². The zero-order valence-corrected chi connectivity index (χ0v) is 7.85. The second kappa shape index (κ2) is 4.73. The zero-order valence-electron chi connectivity index (χ0n) is 7.85. The Hall–Kier alpha value is -0.0400. The van der Waals surface area contributed by atoms with Crippen LogP contribution in [0.4, 0.5) is 0 Å². The molecule has 1 nitrogen and oxygen atoms in total. The smallest absolute Gasteiger partial charge is 0.0574 e. The van der Waals surface area contributed by atoms with E-state index in [0.717, 1.165) is 12.5 Å². The molecule has 0 spiro atoms. The molecular formula is C9H20O. The van der Waals surface area contributed by atoms with E-state index < -0.39 is 0 Å². The van der Waals surface area contributed by atoms with Gasteiger partial charge in [0.1, 0.15) is 0 Å². The van der Waals surface area contributed by atoms with E-state index in [9.17, 15) is 0 Å². The first-order valence-corrected chi connectivity index (χ1v) is 4.21. The van der Waals surface area contributed by atoms with Crippen LogP contribution in [0, 0.1) is 11.8 Å². The summed E-state index contributed by atoms with van der Waals surface area (Å²) in [5.74, 6) is 1.39. The summed E-state index contributed by atoms with van der Waals surface area (Å²) in [5.41, 5.74) is 0. The van der Waals surface area contributed by atoms with E-state index >= 15 is 0 Å². The van der Waals surface area contributed by atoms with E-state index in [-0.39, 0.29) is 0 Å². The maximum absolute atomic E-state index is 5.46. The third-order valence-electron chi connectivity index (χ3n) is 2.22. The number of ether oxygens (including phenoxy) is 1. The molecule has 0 amide bonds. The summed E-state index contributed by atoms with van der Waals surface area (Å²) >= 11 is 0. The highest BCUT2D eigenvalue weighted by atomic mass is 16.5. The van der Waals surface area contributed by atoms with E-state index in [0.29, 0.717) is 12.0 Å². The van der Waals surface area contributed by atoms with Gasteiger partial charge < -0.3 is 4.74 Å². The minimum absolute atomic E-state index is 0.407. The molecule has 0 fully saturated rings. The number of hydrogen-bond acceptors (Lipinski definition) is 1. The van der Waals surface area contributed by atoms with Gasteiger partial charge in [-0.1, -0.05) is 20.8 Å². The molecule has 0 heterocycles. The molecule has 2 unspecified atom stereocenters. The molecule has 0 aromatic carbocycles. The van der Waals surface area contributed by atoms with Crippen molar-refractivity contribution in [1.29, 1.82) is 0 Å². The molecule has 1 heteroatoms. The van der Waals surface area contributed by atoms with E-state index in [1.165, 1.54) is 0 Å². The number of rotatable bonds is 4. The SMILES string of the molecule is CCOC(C)C(C)C(C)C. The van der Waals surface area contributed by atoms with Crippen LogP contribution in [-0.2, 0) is 4.74 Å². The van der Waals surface area contributed by atoms with Crippen molar-refractivity contribution in [2.45, 2.75) is 40.7 Å². The minimum Gasteiger partial charge on any atom is -0.379 e. The highest BCUT2D eigenvalue weighted by Gasteiger charge is 2.14. The molecule has 0 aliphatic carbocycles. The third kappa shape index (κ3) is 3.21. The molecule has 0 aliphatic rings. The highest BCUT2D eigenvalue weighted by Crippen LogP contribution is 2.16. The first-order valence-electron chi connectivity index (χ1n) is 4.21. The third-order valence-corrected chi connectivity index (χ3v) is 2.22. The first-order chi connectivity index (χ1) is 4.59. The molecule has 0 aromatic heterocycles. The molecule has 62 valence electrons. The lowest BCUT2D eigenvalue weighted by atomic mass is 9.93. The predicted molar refractivity (Wildman–Crippen MR) is 45.1 cm³/mol. The molecule has 0 saturated carbocycles. The van der Waals surface area contributed by atoms with Crippen molar-refractivity contribution in [3.8, 4) is 0 Å². The van der Waals surface area contributed by atoms with Gasteiger partial charge in [-0.2, -0.15) is 0 Å². The molecular weight excluding hydrogens is 124 g/mol. The van der Waals surface area contributed by atoms with Crippen LogP contribution in [0.3, 0.4) is 0 Å².